The van der Waals surface area contributed by atoms with Crippen molar-refractivity contribution in [3.05, 3.63) is 66.4 Å². The average molecular weight is 384 g/mol. The summed E-state index contributed by atoms with van der Waals surface area (Å²) in [7, 11) is 0. The summed E-state index contributed by atoms with van der Waals surface area (Å²) in [4.78, 5) is 23.8. The molecule has 0 bridgehead atoms. The second-order valence-corrected chi connectivity index (χ2v) is 7.07. The van der Waals surface area contributed by atoms with Crippen molar-refractivity contribution >= 4 is 28.4 Å². The summed E-state index contributed by atoms with van der Waals surface area (Å²) in [5, 5.41) is 11.3. The van der Waals surface area contributed by atoms with Crippen LogP contribution in [0.4, 0.5) is 11.6 Å². The summed E-state index contributed by atoms with van der Waals surface area (Å²) in [6, 6.07) is 19.4. The topological polar surface area (TPSA) is 86.8 Å². The molecule has 0 atom stereocenters. The number of likely N-dealkylation sites (tertiary alicyclic amines) is 1. The Bertz CT molecular complexity index is 1160. The van der Waals surface area contributed by atoms with E-state index < -0.39 is 0 Å². The minimum Gasteiger partial charge on any atom is -0.337 e. The minimum atomic E-state index is -0.0134. The van der Waals surface area contributed by atoms with Gasteiger partial charge in [0.15, 0.2) is 11.6 Å². The maximum absolute atomic E-state index is 12.6. The lowest BCUT2D eigenvalue weighted by molar-refractivity contribution is 0.0787. The van der Waals surface area contributed by atoms with E-state index in [1.165, 1.54) is 0 Å². The Morgan fingerprint density at radius 2 is 1.72 bits per heavy atom. The first-order chi connectivity index (χ1) is 14.3. The molecule has 2 aromatic heterocycles. The molecule has 1 amide bonds. The van der Waals surface area contributed by atoms with Crippen LogP contribution in [0.3, 0.4) is 0 Å². The maximum atomic E-state index is 12.6. The van der Waals surface area contributed by atoms with E-state index in [0.717, 1.165) is 42.4 Å². The van der Waals surface area contributed by atoms with Gasteiger partial charge in [-0.3, -0.25) is 9.89 Å². The van der Waals surface area contributed by atoms with Crippen LogP contribution in [0.1, 0.15) is 23.3 Å². The first kappa shape index (κ1) is 17.4. The molecular weight excluding hydrogens is 364 g/mol. The van der Waals surface area contributed by atoms with E-state index in [0.29, 0.717) is 23.2 Å². The predicted octanol–water partition coefficient (Wildman–Crippen LogP) is 4.00. The Hall–Kier alpha value is -3.74. The number of hydrogen-bond acceptors (Lipinski definition) is 5. The van der Waals surface area contributed by atoms with Crippen LogP contribution in [-0.4, -0.2) is 44.1 Å². The van der Waals surface area contributed by atoms with Crippen LogP contribution in [0.25, 0.3) is 22.3 Å². The highest BCUT2D eigenvalue weighted by molar-refractivity contribution is 5.95. The van der Waals surface area contributed by atoms with Gasteiger partial charge < -0.3 is 10.2 Å². The Morgan fingerprint density at radius 1 is 0.966 bits per heavy atom. The SMILES string of the molecule is O=C(c1cc(Nc2nc(-c3ccccc3)nc3ccccc23)n[nH]1)N1CCCC1. The van der Waals surface area contributed by atoms with Crippen molar-refractivity contribution in [2.24, 2.45) is 0 Å². The molecule has 1 aliphatic heterocycles. The summed E-state index contributed by atoms with van der Waals surface area (Å²) >= 11 is 0. The molecule has 0 unspecified atom stereocenters. The molecular formula is C22H20N6O. The predicted molar refractivity (Wildman–Crippen MR) is 112 cm³/mol. The number of benzene rings is 2. The summed E-state index contributed by atoms with van der Waals surface area (Å²) in [5.41, 5.74) is 2.26. The summed E-state index contributed by atoms with van der Waals surface area (Å²) in [6.45, 7) is 1.61. The molecule has 5 rings (SSSR count). The van der Waals surface area contributed by atoms with E-state index in [1.54, 1.807) is 6.07 Å². The Labute approximate surface area is 167 Å². The van der Waals surface area contributed by atoms with Gasteiger partial charge in [-0.15, -0.1) is 0 Å². The first-order valence-corrected chi connectivity index (χ1v) is 9.72. The van der Waals surface area contributed by atoms with Gasteiger partial charge in [-0.1, -0.05) is 42.5 Å². The van der Waals surface area contributed by atoms with Crippen molar-refractivity contribution in [3.63, 3.8) is 0 Å². The number of H-pyrrole nitrogens is 1. The molecule has 144 valence electrons. The molecule has 0 spiro atoms. The Morgan fingerprint density at radius 3 is 2.55 bits per heavy atom. The van der Waals surface area contributed by atoms with E-state index in [4.69, 9.17) is 9.97 Å². The molecule has 0 radical (unpaired) electrons. The molecule has 7 nitrogen and oxygen atoms in total. The van der Waals surface area contributed by atoms with E-state index in [-0.39, 0.29) is 5.91 Å². The summed E-state index contributed by atoms with van der Waals surface area (Å²) in [5.74, 6) is 1.83. The highest BCUT2D eigenvalue weighted by atomic mass is 16.2. The lowest BCUT2D eigenvalue weighted by Gasteiger charge is -2.13. The summed E-state index contributed by atoms with van der Waals surface area (Å²) in [6.07, 6.45) is 2.11. The third kappa shape index (κ3) is 3.42. The summed E-state index contributed by atoms with van der Waals surface area (Å²) < 4.78 is 0. The van der Waals surface area contributed by atoms with Gasteiger partial charge in [-0.2, -0.15) is 5.10 Å². The molecule has 29 heavy (non-hydrogen) atoms. The molecule has 2 N–H and O–H groups in total. The van der Waals surface area contributed by atoms with Gasteiger partial charge in [-0.25, -0.2) is 9.97 Å². The molecule has 2 aromatic carbocycles. The van der Waals surface area contributed by atoms with E-state index in [1.807, 2.05) is 59.5 Å². The van der Waals surface area contributed by atoms with Crippen molar-refractivity contribution in [2.75, 3.05) is 18.4 Å². The quantitative estimate of drug-likeness (QED) is 0.555. The van der Waals surface area contributed by atoms with Crippen LogP contribution in [0.5, 0.6) is 0 Å². The highest BCUT2D eigenvalue weighted by Crippen LogP contribution is 2.27. The fourth-order valence-electron chi connectivity index (χ4n) is 3.60. The second kappa shape index (κ2) is 7.35. The van der Waals surface area contributed by atoms with Crippen LogP contribution in [0, 0.1) is 0 Å². The third-order valence-electron chi connectivity index (χ3n) is 5.08. The number of amides is 1. The molecule has 1 saturated heterocycles. The molecule has 0 saturated carbocycles. The number of nitrogens with one attached hydrogen (secondary N) is 2. The Balaban J connectivity index is 1.49. The van der Waals surface area contributed by atoms with Gasteiger partial charge in [-0.05, 0) is 25.0 Å². The number of hydrogen-bond donors (Lipinski definition) is 2. The Kier molecular flexibility index (Phi) is 4.40. The largest absolute Gasteiger partial charge is 0.337 e. The number of aromatic amines is 1. The standard InChI is InChI=1S/C22H20N6O/c29-22(28-12-6-7-13-28)18-14-19(27-26-18)24-21-16-10-4-5-11-17(16)23-20(25-21)15-8-2-1-3-9-15/h1-5,8-11,14H,6-7,12-13H2,(H2,23,24,25,26,27). The zero-order valence-corrected chi connectivity index (χ0v) is 15.8. The van der Waals surface area contributed by atoms with E-state index in [2.05, 4.69) is 15.5 Å². The van der Waals surface area contributed by atoms with Crippen LogP contribution < -0.4 is 5.32 Å². The van der Waals surface area contributed by atoms with Crippen molar-refractivity contribution in [2.45, 2.75) is 12.8 Å². The van der Waals surface area contributed by atoms with Crippen LogP contribution in [0.15, 0.2) is 60.7 Å². The van der Waals surface area contributed by atoms with E-state index in [9.17, 15) is 4.79 Å². The van der Waals surface area contributed by atoms with Crippen molar-refractivity contribution in [1.29, 1.82) is 0 Å². The fourth-order valence-corrected chi connectivity index (χ4v) is 3.60. The fraction of sp³-hybridized carbons (Fsp3) is 0.182. The van der Waals surface area contributed by atoms with Gasteiger partial charge in [0, 0.05) is 30.1 Å². The van der Waals surface area contributed by atoms with Gasteiger partial charge in [0.1, 0.15) is 11.5 Å². The van der Waals surface area contributed by atoms with Gasteiger partial charge >= 0.3 is 0 Å². The monoisotopic (exact) mass is 384 g/mol. The number of carbonyl (C=O) groups is 1. The van der Waals surface area contributed by atoms with E-state index >= 15 is 0 Å². The normalized spacial score (nSPS) is 13.7. The maximum Gasteiger partial charge on any atom is 0.271 e. The second-order valence-electron chi connectivity index (χ2n) is 7.07. The molecule has 1 fully saturated rings. The number of nitrogens with zero attached hydrogens (tertiary/aromatic N) is 4. The lowest BCUT2D eigenvalue weighted by Crippen LogP contribution is -2.27. The average Bonchev–Trinajstić information content (AvgIpc) is 3.46. The lowest BCUT2D eigenvalue weighted by atomic mass is 10.2. The van der Waals surface area contributed by atoms with Crippen LogP contribution >= 0.6 is 0 Å². The number of anilines is 2. The first-order valence-electron chi connectivity index (χ1n) is 9.72. The van der Waals surface area contributed by atoms with Crippen molar-refractivity contribution in [1.82, 2.24) is 25.1 Å². The van der Waals surface area contributed by atoms with Gasteiger partial charge in [0.2, 0.25) is 0 Å². The highest BCUT2D eigenvalue weighted by Gasteiger charge is 2.21. The molecule has 4 aromatic rings. The molecule has 0 aliphatic carbocycles. The van der Waals surface area contributed by atoms with Crippen molar-refractivity contribution < 1.29 is 4.79 Å². The number of rotatable bonds is 4. The molecule has 7 heteroatoms. The van der Waals surface area contributed by atoms with Crippen LogP contribution in [-0.2, 0) is 0 Å². The number of carbonyl (C=O) groups excluding carboxylic acids is 1. The third-order valence-corrected chi connectivity index (χ3v) is 5.08. The number of para-hydroxylation sites is 1. The smallest absolute Gasteiger partial charge is 0.271 e. The van der Waals surface area contributed by atoms with Crippen LogP contribution in [0.2, 0.25) is 0 Å². The van der Waals surface area contributed by atoms with Gasteiger partial charge in [0.05, 0.1) is 5.52 Å². The minimum absolute atomic E-state index is 0.0134. The number of aromatic nitrogens is 4. The zero-order chi connectivity index (χ0) is 19.6. The number of fused-ring (bicyclic) bond motifs is 1. The van der Waals surface area contributed by atoms with Gasteiger partial charge in [0.25, 0.3) is 5.91 Å². The molecule has 1 aliphatic rings. The molecule has 3 heterocycles. The van der Waals surface area contributed by atoms with Crippen molar-refractivity contribution in [3.8, 4) is 11.4 Å². The zero-order valence-electron chi connectivity index (χ0n) is 15.8.